The average Bonchev–Trinajstić information content (AvgIpc) is 1.80. The molecule has 2 unspecified atom stereocenters. The van der Waals surface area contributed by atoms with Gasteiger partial charge in [-0.15, -0.1) is 0 Å². The Kier molecular flexibility index (Phi) is 75.9. The second kappa shape index (κ2) is 76.9. The fourth-order valence-corrected chi connectivity index (χ4v) is 14.2. The Morgan fingerprint density at radius 3 is 0.779 bits per heavy atom. The van der Waals surface area contributed by atoms with Crippen molar-refractivity contribution in [1.29, 1.82) is 0 Å². The van der Waals surface area contributed by atoms with Gasteiger partial charge in [-0.3, -0.25) is 14.2 Å². The smallest absolute Gasteiger partial charge is 0.306 e. The van der Waals surface area contributed by atoms with Gasteiger partial charge in [-0.25, -0.2) is 0 Å². The van der Waals surface area contributed by atoms with E-state index in [2.05, 4.69) is 26.0 Å². The molecular weight excluding hydrogens is 1190 g/mol. The summed E-state index contributed by atoms with van der Waals surface area (Å²) in [5.74, 6) is -0.801. The van der Waals surface area contributed by atoms with Gasteiger partial charge in [0.1, 0.15) is 19.8 Å². The van der Waals surface area contributed by atoms with E-state index >= 15 is 0 Å². The molecule has 95 heavy (non-hydrogen) atoms. The van der Waals surface area contributed by atoms with Gasteiger partial charge in [0.05, 0.1) is 27.7 Å². The highest BCUT2D eigenvalue weighted by molar-refractivity contribution is 7.45. The third kappa shape index (κ3) is 81.6. The van der Waals surface area contributed by atoms with Crippen LogP contribution >= 0.6 is 7.82 Å². The summed E-state index contributed by atoms with van der Waals surface area (Å²) in [5, 5.41) is 0. The summed E-state index contributed by atoms with van der Waals surface area (Å²) in [7, 11) is 1.20. The molecule has 9 nitrogen and oxygen atoms in total. The van der Waals surface area contributed by atoms with Gasteiger partial charge in [0.2, 0.25) is 0 Å². The average molecular weight is 1360 g/mol. The van der Waals surface area contributed by atoms with E-state index in [0.29, 0.717) is 17.4 Å². The molecule has 0 aromatic rings. The Labute approximate surface area is 594 Å². The molecule has 0 aromatic heterocycles. The van der Waals surface area contributed by atoms with Crippen molar-refractivity contribution < 1.29 is 42.1 Å². The van der Waals surface area contributed by atoms with Crippen molar-refractivity contribution >= 4 is 19.8 Å². The number of carbonyl (C=O) groups is 2. The van der Waals surface area contributed by atoms with Gasteiger partial charge in [-0.1, -0.05) is 431 Å². The van der Waals surface area contributed by atoms with Crippen molar-refractivity contribution in [2.45, 2.75) is 476 Å². The molecule has 0 fully saturated rings. The number of esters is 2. The number of carbonyl (C=O) groups excluding carboxylic acids is 2. The molecule has 2 atom stereocenters. The topological polar surface area (TPSA) is 111 Å². The minimum atomic E-state index is -4.64. The molecule has 566 valence electrons. The number of unbranched alkanes of at least 4 members (excludes halogenated alkanes) is 66. The number of rotatable bonds is 82. The zero-order valence-corrected chi connectivity index (χ0v) is 65.8. The van der Waals surface area contributed by atoms with Crippen LogP contribution in [0.1, 0.15) is 470 Å². The van der Waals surface area contributed by atoms with E-state index in [1.165, 1.54) is 405 Å². The van der Waals surface area contributed by atoms with Crippen LogP contribution in [0.5, 0.6) is 0 Å². The first-order valence-electron chi connectivity index (χ1n) is 42.9. The van der Waals surface area contributed by atoms with Gasteiger partial charge in [0, 0.05) is 12.8 Å². The van der Waals surface area contributed by atoms with Crippen LogP contribution in [0.4, 0.5) is 0 Å². The number of phosphoric ester groups is 1. The fraction of sp³-hybridized carbons (Fsp3) is 0.953. The molecule has 0 heterocycles. The third-order valence-corrected chi connectivity index (χ3v) is 21.0. The number of phosphoric acid groups is 1. The van der Waals surface area contributed by atoms with Crippen LogP contribution in [-0.2, 0) is 32.7 Å². The zero-order valence-electron chi connectivity index (χ0n) is 64.9. The maximum atomic E-state index is 12.9. The number of ether oxygens (including phenoxy) is 2. The Balaban J connectivity index is 3.85. The van der Waals surface area contributed by atoms with Crippen LogP contribution in [0, 0.1) is 0 Å². The summed E-state index contributed by atoms with van der Waals surface area (Å²) < 4.78 is 34.5. The highest BCUT2D eigenvalue weighted by atomic mass is 31.2. The van der Waals surface area contributed by atoms with Crippen LogP contribution in [0.25, 0.3) is 0 Å². The molecule has 0 aliphatic rings. The molecule has 0 radical (unpaired) electrons. The summed E-state index contributed by atoms with van der Waals surface area (Å²) in [6.45, 7) is 4.35. The second-order valence-corrected chi connectivity index (χ2v) is 32.3. The largest absolute Gasteiger partial charge is 0.756 e. The van der Waals surface area contributed by atoms with Crippen molar-refractivity contribution in [1.82, 2.24) is 0 Å². The first kappa shape index (κ1) is 93.8. The summed E-state index contributed by atoms with van der Waals surface area (Å²) in [4.78, 5) is 38.2. The number of quaternary nitrogens is 1. The number of allylic oxidation sites excluding steroid dienone is 2. The van der Waals surface area contributed by atoms with Gasteiger partial charge in [-0.2, -0.15) is 0 Å². The Morgan fingerprint density at radius 2 is 0.537 bits per heavy atom. The van der Waals surface area contributed by atoms with E-state index in [4.69, 9.17) is 18.5 Å². The number of hydrogen-bond donors (Lipinski definition) is 0. The SMILES string of the molecule is CCCCCCCCCC/C=C\CCCCCCCCCCCCCCCCCCCCCCCCCCCC(=O)OC(COC(=O)CCCCCCCCCCCCCCCCCCCCCCCCCCCCCCCCCCCC)COP(=O)([O-])OCC[N+](C)(C)C. The minimum Gasteiger partial charge on any atom is -0.756 e. The van der Waals surface area contributed by atoms with Crippen LogP contribution in [0.15, 0.2) is 12.2 Å². The van der Waals surface area contributed by atoms with E-state index < -0.39 is 26.5 Å². The molecular formula is C85H168NO8P. The predicted octanol–water partition coefficient (Wildman–Crippen LogP) is 27.9. The first-order chi connectivity index (χ1) is 46.5. The molecule has 0 aliphatic heterocycles. The molecule has 0 aliphatic carbocycles. The van der Waals surface area contributed by atoms with Crippen LogP contribution < -0.4 is 4.89 Å². The summed E-state index contributed by atoms with van der Waals surface area (Å²) in [6.07, 6.45) is 98.0. The molecule has 0 saturated carbocycles. The lowest BCUT2D eigenvalue weighted by atomic mass is 10.0. The van der Waals surface area contributed by atoms with Crippen molar-refractivity contribution in [2.24, 2.45) is 0 Å². The van der Waals surface area contributed by atoms with Crippen LogP contribution in [-0.4, -0.2) is 70.0 Å². The minimum absolute atomic E-state index is 0.0253. The molecule has 0 rings (SSSR count). The van der Waals surface area contributed by atoms with Crippen LogP contribution in [0.2, 0.25) is 0 Å². The van der Waals surface area contributed by atoms with Crippen molar-refractivity contribution in [3.8, 4) is 0 Å². The van der Waals surface area contributed by atoms with E-state index in [0.717, 1.165) is 32.1 Å². The fourth-order valence-electron chi connectivity index (χ4n) is 13.5. The Hall–Kier alpha value is -1.25. The highest BCUT2D eigenvalue weighted by Gasteiger charge is 2.22. The van der Waals surface area contributed by atoms with E-state index in [-0.39, 0.29) is 32.0 Å². The zero-order chi connectivity index (χ0) is 69.0. The highest BCUT2D eigenvalue weighted by Crippen LogP contribution is 2.38. The predicted molar refractivity (Wildman–Crippen MR) is 412 cm³/mol. The van der Waals surface area contributed by atoms with Crippen LogP contribution in [0.3, 0.4) is 0 Å². The molecule has 10 heteroatoms. The molecule has 0 amide bonds. The number of likely N-dealkylation sites (N-methyl/N-ethyl adjacent to an activating group) is 1. The van der Waals surface area contributed by atoms with Gasteiger partial charge >= 0.3 is 11.9 Å². The van der Waals surface area contributed by atoms with E-state index in [1.807, 2.05) is 21.1 Å². The second-order valence-electron chi connectivity index (χ2n) is 30.9. The molecule has 0 aromatic carbocycles. The maximum absolute atomic E-state index is 12.9. The summed E-state index contributed by atoms with van der Waals surface area (Å²) in [5.41, 5.74) is 0. The number of nitrogens with zero attached hydrogens (tertiary/aromatic N) is 1. The van der Waals surface area contributed by atoms with Gasteiger partial charge < -0.3 is 27.9 Å². The first-order valence-corrected chi connectivity index (χ1v) is 44.4. The molecule has 0 N–H and O–H groups in total. The standard InChI is InChI=1S/C85H168NO8P/c1-6-8-10-12-14-16-18-20-22-24-26-28-30-32-34-36-38-40-42-43-44-46-48-50-52-54-56-58-60-62-64-66-68-70-72-74-76-78-85(88)94-83(82-93-95(89,90)92-80-79-86(3,4)5)81-91-84(87)77-75-73-71-69-67-65-63-61-59-57-55-53-51-49-47-45-41-39-37-35-33-31-29-27-25-23-21-19-17-15-13-11-9-7-2/h24,26,83H,6-23,25,27-82H2,1-5H3/b26-24-. The maximum Gasteiger partial charge on any atom is 0.306 e. The lowest BCUT2D eigenvalue weighted by Gasteiger charge is -2.28. The normalized spacial score (nSPS) is 12.9. The van der Waals surface area contributed by atoms with Crippen molar-refractivity contribution in [3.63, 3.8) is 0 Å². The monoisotopic (exact) mass is 1360 g/mol. The van der Waals surface area contributed by atoms with Crippen molar-refractivity contribution in [2.75, 3.05) is 47.5 Å². The van der Waals surface area contributed by atoms with Gasteiger partial charge in [0.25, 0.3) is 7.82 Å². The number of hydrogen-bond acceptors (Lipinski definition) is 8. The summed E-state index contributed by atoms with van der Waals surface area (Å²) in [6, 6.07) is 0. The Bertz CT molecular complexity index is 1600. The molecule has 0 bridgehead atoms. The van der Waals surface area contributed by atoms with Crippen molar-refractivity contribution in [3.05, 3.63) is 12.2 Å². The Morgan fingerprint density at radius 1 is 0.316 bits per heavy atom. The third-order valence-electron chi connectivity index (χ3n) is 20.0. The summed E-state index contributed by atoms with van der Waals surface area (Å²) >= 11 is 0. The quantitative estimate of drug-likeness (QED) is 0.0195. The van der Waals surface area contributed by atoms with Gasteiger partial charge in [-0.05, 0) is 38.5 Å². The van der Waals surface area contributed by atoms with E-state index in [1.54, 1.807) is 0 Å². The molecule has 0 spiro atoms. The molecule has 0 saturated heterocycles. The van der Waals surface area contributed by atoms with E-state index in [9.17, 15) is 19.0 Å². The lowest BCUT2D eigenvalue weighted by Crippen LogP contribution is -2.37. The lowest BCUT2D eigenvalue weighted by molar-refractivity contribution is -0.870. The van der Waals surface area contributed by atoms with Gasteiger partial charge in [0.15, 0.2) is 6.10 Å².